The first kappa shape index (κ1) is 8.40. The summed E-state index contributed by atoms with van der Waals surface area (Å²) in [6.07, 6.45) is 0. The van der Waals surface area contributed by atoms with Gasteiger partial charge in [-0.15, -0.1) is 11.6 Å². The average Bonchev–Trinajstić information content (AvgIpc) is 1.62. The average molecular weight is 160 g/mol. The van der Waals surface area contributed by atoms with Gasteiger partial charge in [0.15, 0.2) is 0 Å². The van der Waals surface area contributed by atoms with Gasteiger partial charge in [-0.05, 0) is 0 Å². The Hall–Kier alpha value is 0.400. The van der Waals surface area contributed by atoms with Gasteiger partial charge in [-0.25, -0.2) is 0 Å². The van der Waals surface area contributed by atoms with E-state index in [4.69, 9.17) is 27.1 Å². The van der Waals surface area contributed by atoms with Crippen molar-refractivity contribution in [2.45, 2.75) is 5.78 Å². The van der Waals surface area contributed by atoms with Crippen LogP contribution in [0.1, 0.15) is 0 Å². The summed E-state index contributed by atoms with van der Waals surface area (Å²) in [4.78, 5) is 16.4. The minimum absolute atomic E-state index is 0.218. The Bertz CT molecular complexity index is 112. The molecular weight excluding hydrogens is 152 g/mol. The SMILES string of the molecule is N[C@H](CCl)P(=O)(O)O. The lowest BCUT2D eigenvalue weighted by Gasteiger charge is -2.07. The first-order chi connectivity index (χ1) is 3.48. The Balaban J connectivity index is 3.82. The Morgan fingerprint density at radius 3 is 2.12 bits per heavy atom. The second kappa shape index (κ2) is 2.80. The van der Waals surface area contributed by atoms with Crippen LogP contribution in [-0.2, 0) is 4.57 Å². The number of hydrogen-bond donors (Lipinski definition) is 3. The van der Waals surface area contributed by atoms with Gasteiger partial charge in [0.25, 0.3) is 0 Å². The van der Waals surface area contributed by atoms with Crippen molar-refractivity contribution in [3.63, 3.8) is 0 Å². The van der Waals surface area contributed by atoms with E-state index >= 15 is 0 Å². The van der Waals surface area contributed by atoms with Crippen LogP contribution in [0, 0.1) is 0 Å². The molecule has 0 aromatic heterocycles. The molecule has 0 aliphatic carbocycles. The highest BCUT2D eigenvalue weighted by Crippen LogP contribution is 2.38. The molecule has 0 heterocycles. The van der Waals surface area contributed by atoms with Crippen molar-refractivity contribution < 1.29 is 14.4 Å². The lowest BCUT2D eigenvalue weighted by Crippen LogP contribution is -2.21. The molecule has 0 aromatic carbocycles. The number of nitrogens with two attached hydrogens (primary N) is 1. The molecule has 1 atom stereocenters. The van der Waals surface area contributed by atoms with Crippen molar-refractivity contribution in [1.29, 1.82) is 0 Å². The standard InChI is InChI=1S/C2H7ClNO3P/c3-1-2(4)8(5,6)7/h2H,1,4H2,(H2,5,6,7)/t2-/m0/s1. The largest absolute Gasteiger partial charge is 0.343 e. The Morgan fingerprint density at radius 2 is 2.12 bits per heavy atom. The van der Waals surface area contributed by atoms with Crippen LogP contribution in [0.3, 0.4) is 0 Å². The van der Waals surface area contributed by atoms with Crippen LogP contribution in [0.15, 0.2) is 0 Å². The van der Waals surface area contributed by atoms with Gasteiger partial charge in [0.05, 0.1) is 0 Å². The summed E-state index contributed by atoms with van der Waals surface area (Å²) >= 11 is 5.02. The summed E-state index contributed by atoms with van der Waals surface area (Å²) in [5.41, 5.74) is 4.85. The second-order valence-corrected chi connectivity index (χ2v) is 3.46. The maximum absolute atomic E-state index is 10.0. The number of hydrogen-bond acceptors (Lipinski definition) is 2. The lowest BCUT2D eigenvalue weighted by atomic mass is 10.8. The van der Waals surface area contributed by atoms with E-state index in [1.165, 1.54) is 0 Å². The van der Waals surface area contributed by atoms with Gasteiger partial charge in [0.2, 0.25) is 0 Å². The van der Waals surface area contributed by atoms with E-state index in [-0.39, 0.29) is 5.88 Å². The topological polar surface area (TPSA) is 83.6 Å². The molecule has 6 heteroatoms. The molecule has 0 unspecified atom stereocenters. The third-order valence-corrected chi connectivity index (χ3v) is 2.18. The summed E-state index contributed by atoms with van der Waals surface area (Å²) in [7, 11) is -4.11. The van der Waals surface area contributed by atoms with Gasteiger partial charge < -0.3 is 15.5 Å². The third kappa shape index (κ3) is 2.64. The molecule has 0 fully saturated rings. The van der Waals surface area contributed by atoms with Crippen molar-refractivity contribution >= 4 is 19.2 Å². The number of alkyl halides is 1. The van der Waals surface area contributed by atoms with Gasteiger partial charge in [0.1, 0.15) is 5.78 Å². The van der Waals surface area contributed by atoms with Crippen LogP contribution < -0.4 is 5.73 Å². The summed E-state index contributed by atoms with van der Waals surface area (Å²) in [5.74, 6) is -1.44. The van der Waals surface area contributed by atoms with Crippen LogP contribution in [0.2, 0.25) is 0 Å². The molecule has 0 rings (SSSR count). The van der Waals surface area contributed by atoms with Crippen LogP contribution in [0.25, 0.3) is 0 Å². The fraction of sp³-hybridized carbons (Fsp3) is 1.00. The fourth-order valence-electron chi connectivity index (χ4n) is 0.0899. The number of rotatable bonds is 2. The Labute approximate surface area is 51.8 Å². The molecule has 0 amide bonds. The van der Waals surface area contributed by atoms with Crippen LogP contribution >= 0.6 is 19.2 Å². The second-order valence-electron chi connectivity index (χ2n) is 1.31. The van der Waals surface area contributed by atoms with Gasteiger partial charge in [-0.3, -0.25) is 4.57 Å². The van der Waals surface area contributed by atoms with E-state index < -0.39 is 13.4 Å². The van der Waals surface area contributed by atoms with Crippen molar-refractivity contribution in [1.82, 2.24) is 0 Å². The van der Waals surface area contributed by atoms with Crippen molar-refractivity contribution in [2.75, 3.05) is 5.88 Å². The van der Waals surface area contributed by atoms with E-state index in [1.807, 2.05) is 0 Å². The molecule has 50 valence electrons. The fourth-order valence-corrected chi connectivity index (χ4v) is 0.809. The van der Waals surface area contributed by atoms with Crippen molar-refractivity contribution in [3.05, 3.63) is 0 Å². The third-order valence-electron chi connectivity index (χ3n) is 0.590. The first-order valence-electron chi connectivity index (χ1n) is 1.85. The zero-order valence-corrected chi connectivity index (χ0v) is 5.64. The summed E-state index contributed by atoms with van der Waals surface area (Å²) in [5, 5.41) is 0. The molecular formula is C2H7ClNO3P. The highest BCUT2D eigenvalue weighted by Gasteiger charge is 2.22. The van der Waals surface area contributed by atoms with E-state index in [9.17, 15) is 4.57 Å². The predicted molar refractivity (Wildman–Crippen MR) is 30.7 cm³/mol. The minimum Gasteiger partial charge on any atom is -0.323 e. The Morgan fingerprint density at radius 1 is 1.75 bits per heavy atom. The summed E-state index contributed by atoms with van der Waals surface area (Å²) < 4.78 is 10.0. The first-order valence-corrected chi connectivity index (χ1v) is 4.07. The molecule has 0 bridgehead atoms. The van der Waals surface area contributed by atoms with E-state index in [0.717, 1.165) is 0 Å². The monoisotopic (exact) mass is 159 g/mol. The quantitative estimate of drug-likeness (QED) is 0.381. The maximum Gasteiger partial charge on any atom is 0.343 e. The van der Waals surface area contributed by atoms with E-state index in [1.54, 1.807) is 0 Å². The summed E-state index contributed by atoms with van der Waals surface area (Å²) in [6.45, 7) is 0. The van der Waals surface area contributed by atoms with Gasteiger partial charge >= 0.3 is 7.60 Å². The molecule has 0 aliphatic rings. The minimum atomic E-state index is -4.11. The maximum atomic E-state index is 10.0. The summed E-state index contributed by atoms with van der Waals surface area (Å²) in [6, 6.07) is 0. The van der Waals surface area contributed by atoms with Crippen molar-refractivity contribution in [2.24, 2.45) is 5.73 Å². The normalized spacial score (nSPS) is 16.0. The Kier molecular flexibility index (Phi) is 2.94. The van der Waals surface area contributed by atoms with E-state index in [0.29, 0.717) is 0 Å². The van der Waals surface area contributed by atoms with Crippen LogP contribution in [0.5, 0.6) is 0 Å². The van der Waals surface area contributed by atoms with E-state index in [2.05, 4.69) is 0 Å². The van der Waals surface area contributed by atoms with Gasteiger partial charge in [-0.2, -0.15) is 0 Å². The highest BCUT2D eigenvalue weighted by atomic mass is 35.5. The molecule has 0 aliphatic heterocycles. The molecule has 0 aromatic rings. The zero-order valence-electron chi connectivity index (χ0n) is 3.99. The van der Waals surface area contributed by atoms with Crippen LogP contribution in [0.4, 0.5) is 0 Å². The zero-order chi connectivity index (χ0) is 6.78. The molecule has 0 spiro atoms. The predicted octanol–water partition coefficient (Wildman–Crippen LogP) is -0.312. The molecule has 4 nitrogen and oxygen atoms in total. The van der Waals surface area contributed by atoms with Crippen molar-refractivity contribution in [3.8, 4) is 0 Å². The smallest absolute Gasteiger partial charge is 0.323 e. The molecule has 0 saturated heterocycles. The van der Waals surface area contributed by atoms with Crippen LogP contribution in [-0.4, -0.2) is 21.4 Å². The molecule has 4 N–H and O–H groups in total. The van der Waals surface area contributed by atoms with Gasteiger partial charge in [0, 0.05) is 5.88 Å². The molecule has 0 saturated carbocycles. The molecule has 8 heavy (non-hydrogen) atoms. The highest BCUT2D eigenvalue weighted by molar-refractivity contribution is 7.52. The number of halogens is 1. The lowest BCUT2D eigenvalue weighted by molar-refractivity contribution is 0.362. The van der Waals surface area contributed by atoms with Gasteiger partial charge in [-0.1, -0.05) is 0 Å². The molecule has 0 radical (unpaired) electrons.